The van der Waals surface area contributed by atoms with E-state index < -0.39 is 0 Å². The first-order valence-corrected chi connectivity index (χ1v) is 6.61. The Morgan fingerprint density at radius 2 is 2.05 bits per heavy atom. The fraction of sp³-hybridized carbons (Fsp3) is 0.385. The second-order valence-corrected chi connectivity index (χ2v) is 5.40. The minimum atomic E-state index is 0.402. The predicted molar refractivity (Wildman–Crippen MR) is 76.6 cm³/mol. The van der Waals surface area contributed by atoms with Gasteiger partial charge in [-0.2, -0.15) is 5.10 Å². The lowest BCUT2D eigenvalue weighted by molar-refractivity contribution is 0.361. The Balaban J connectivity index is 1.76. The molecular weight excluding hydrogens is 262 g/mol. The Kier molecular flexibility index (Phi) is 2.86. The third-order valence-electron chi connectivity index (χ3n) is 3.45. The summed E-state index contributed by atoms with van der Waals surface area (Å²) in [6.07, 6.45) is 1.60. The van der Waals surface area contributed by atoms with Gasteiger partial charge < -0.3 is 10.6 Å². The van der Waals surface area contributed by atoms with Crippen LogP contribution in [0.2, 0.25) is 5.02 Å². The molecule has 5 nitrogen and oxygen atoms in total. The van der Waals surface area contributed by atoms with Crippen molar-refractivity contribution in [2.75, 3.05) is 23.7 Å². The molecule has 1 aliphatic rings. The molecule has 0 aromatic carbocycles. The average molecular weight is 278 g/mol. The fourth-order valence-corrected chi connectivity index (χ4v) is 2.73. The number of nitrogens with two attached hydrogens (primary N) is 1. The summed E-state index contributed by atoms with van der Waals surface area (Å²) in [5.41, 5.74) is 8.91. The van der Waals surface area contributed by atoms with Crippen LogP contribution in [0.25, 0.3) is 0 Å². The first-order chi connectivity index (χ1) is 9.04. The van der Waals surface area contributed by atoms with Crippen LogP contribution < -0.4 is 10.6 Å². The molecule has 0 amide bonds. The Labute approximate surface area is 117 Å². The van der Waals surface area contributed by atoms with Gasteiger partial charge in [-0.1, -0.05) is 11.6 Å². The molecule has 1 fully saturated rings. The van der Waals surface area contributed by atoms with Crippen LogP contribution >= 0.6 is 11.6 Å². The zero-order valence-corrected chi connectivity index (χ0v) is 11.7. The van der Waals surface area contributed by atoms with E-state index in [0.29, 0.717) is 16.9 Å². The van der Waals surface area contributed by atoms with Gasteiger partial charge in [0.15, 0.2) is 0 Å². The molecule has 0 saturated carbocycles. The molecule has 6 heteroatoms. The van der Waals surface area contributed by atoms with E-state index in [1.807, 2.05) is 13.0 Å². The minimum Gasteiger partial charge on any atom is -0.384 e. The number of hydrogen-bond acceptors (Lipinski definition) is 4. The van der Waals surface area contributed by atoms with Crippen LogP contribution in [0.3, 0.4) is 0 Å². The SMILES string of the molecule is Cc1cc(C)n(C2CN(c3cc(N)ncc3Cl)C2)n1. The molecule has 3 heterocycles. The standard InChI is InChI=1S/C13H16ClN5/c1-8-3-9(2)19(17-8)10-6-18(7-10)12-4-13(15)16-5-11(12)14/h3-5,10H,6-7H2,1-2H3,(H2,15,16). The van der Waals surface area contributed by atoms with E-state index in [4.69, 9.17) is 17.3 Å². The molecule has 0 radical (unpaired) electrons. The van der Waals surface area contributed by atoms with E-state index in [0.717, 1.165) is 24.5 Å². The number of aromatic nitrogens is 3. The number of nitrogen functional groups attached to an aromatic ring is 1. The highest BCUT2D eigenvalue weighted by Crippen LogP contribution is 2.34. The number of aryl methyl sites for hydroxylation is 2. The lowest BCUT2D eigenvalue weighted by Crippen LogP contribution is -2.48. The van der Waals surface area contributed by atoms with Crippen molar-refractivity contribution in [2.24, 2.45) is 0 Å². The van der Waals surface area contributed by atoms with E-state index in [-0.39, 0.29) is 0 Å². The molecule has 1 aliphatic heterocycles. The van der Waals surface area contributed by atoms with E-state index >= 15 is 0 Å². The normalized spacial score (nSPS) is 15.6. The molecule has 0 unspecified atom stereocenters. The fourth-order valence-electron chi connectivity index (χ4n) is 2.51. The van der Waals surface area contributed by atoms with Crippen LogP contribution in [0.4, 0.5) is 11.5 Å². The second-order valence-electron chi connectivity index (χ2n) is 4.99. The van der Waals surface area contributed by atoms with Gasteiger partial charge >= 0.3 is 0 Å². The summed E-state index contributed by atoms with van der Waals surface area (Å²) in [5.74, 6) is 0.494. The summed E-state index contributed by atoms with van der Waals surface area (Å²) in [5, 5.41) is 5.16. The monoisotopic (exact) mass is 277 g/mol. The molecule has 2 aromatic rings. The summed E-state index contributed by atoms with van der Waals surface area (Å²) in [4.78, 5) is 6.17. The van der Waals surface area contributed by atoms with Crippen molar-refractivity contribution in [3.05, 3.63) is 34.7 Å². The van der Waals surface area contributed by atoms with Gasteiger partial charge in [0, 0.05) is 31.0 Å². The third-order valence-corrected chi connectivity index (χ3v) is 3.74. The molecule has 0 spiro atoms. The summed E-state index contributed by atoms with van der Waals surface area (Å²) < 4.78 is 2.09. The van der Waals surface area contributed by atoms with Crippen molar-refractivity contribution < 1.29 is 0 Å². The lowest BCUT2D eigenvalue weighted by Gasteiger charge is -2.41. The first kappa shape index (κ1) is 12.3. The number of pyridine rings is 1. The molecule has 3 rings (SSSR count). The summed E-state index contributed by atoms with van der Waals surface area (Å²) in [7, 11) is 0. The first-order valence-electron chi connectivity index (χ1n) is 6.23. The van der Waals surface area contributed by atoms with Gasteiger partial charge in [0.25, 0.3) is 0 Å². The highest BCUT2D eigenvalue weighted by Gasteiger charge is 2.31. The number of hydrogen-bond donors (Lipinski definition) is 1. The number of halogens is 1. The summed E-state index contributed by atoms with van der Waals surface area (Å²) >= 11 is 6.15. The largest absolute Gasteiger partial charge is 0.384 e. The maximum Gasteiger partial charge on any atom is 0.125 e. The van der Waals surface area contributed by atoms with Crippen molar-refractivity contribution in [1.29, 1.82) is 0 Å². The number of anilines is 2. The molecule has 0 atom stereocenters. The van der Waals surface area contributed by atoms with Crippen LogP contribution in [0, 0.1) is 13.8 Å². The van der Waals surface area contributed by atoms with E-state index in [1.54, 1.807) is 6.20 Å². The molecule has 2 N–H and O–H groups in total. The topological polar surface area (TPSA) is 60.0 Å². The molecule has 1 saturated heterocycles. The van der Waals surface area contributed by atoms with Gasteiger partial charge in [-0.3, -0.25) is 4.68 Å². The van der Waals surface area contributed by atoms with Gasteiger partial charge in [-0.15, -0.1) is 0 Å². The number of rotatable bonds is 2. The zero-order chi connectivity index (χ0) is 13.6. The van der Waals surface area contributed by atoms with Crippen molar-refractivity contribution in [3.63, 3.8) is 0 Å². The highest BCUT2D eigenvalue weighted by molar-refractivity contribution is 6.33. The third kappa shape index (κ3) is 2.14. The summed E-state index contributed by atoms with van der Waals surface area (Å²) in [6, 6.07) is 4.32. The van der Waals surface area contributed by atoms with Crippen LogP contribution in [0.5, 0.6) is 0 Å². The van der Waals surface area contributed by atoms with Gasteiger partial charge in [-0.25, -0.2) is 4.98 Å². The van der Waals surface area contributed by atoms with Crippen molar-refractivity contribution in [2.45, 2.75) is 19.9 Å². The Morgan fingerprint density at radius 1 is 1.32 bits per heavy atom. The Hall–Kier alpha value is -1.75. The molecule has 100 valence electrons. The van der Waals surface area contributed by atoms with Gasteiger partial charge in [-0.05, 0) is 19.9 Å². The molecule has 19 heavy (non-hydrogen) atoms. The predicted octanol–water partition coefficient (Wildman–Crippen LogP) is 2.19. The maximum absolute atomic E-state index is 6.15. The Morgan fingerprint density at radius 3 is 2.68 bits per heavy atom. The van der Waals surface area contributed by atoms with Crippen molar-refractivity contribution in [1.82, 2.24) is 14.8 Å². The highest BCUT2D eigenvalue weighted by atomic mass is 35.5. The maximum atomic E-state index is 6.15. The molecular formula is C13H16ClN5. The van der Waals surface area contributed by atoms with Crippen LogP contribution in [-0.2, 0) is 0 Å². The molecule has 0 bridgehead atoms. The van der Waals surface area contributed by atoms with Crippen molar-refractivity contribution >= 4 is 23.1 Å². The van der Waals surface area contributed by atoms with E-state index in [2.05, 4.69) is 32.7 Å². The average Bonchev–Trinajstić information content (AvgIpc) is 2.61. The van der Waals surface area contributed by atoms with Gasteiger partial charge in [0.2, 0.25) is 0 Å². The van der Waals surface area contributed by atoms with Crippen LogP contribution in [0.15, 0.2) is 18.3 Å². The summed E-state index contributed by atoms with van der Waals surface area (Å²) in [6.45, 7) is 5.89. The van der Waals surface area contributed by atoms with E-state index in [1.165, 1.54) is 5.69 Å². The van der Waals surface area contributed by atoms with Crippen LogP contribution in [0.1, 0.15) is 17.4 Å². The zero-order valence-electron chi connectivity index (χ0n) is 11.0. The van der Waals surface area contributed by atoms with Crippen molar-refractivity contribution in [3.8, 4) is 0 Å². The quantitative estimate of drug-likeness (QED) is 0.914. The Bertz CT molecular complexity index is 615. The smallest absolute Gasteiger partial charge is 0.125 e. The number of nitrogens with zero attached hydrogens (tertiary/aromatic N) is 4. The minimum absolute atomic E-state index is 0.402. The molecule has 2 aromatic heterocycles. The lowest BCUT2D eigenvalue weighted by atomic mass is 10.1. The van der Waals surface area contributed by atoms with Gasteiger partial charge in [0.1, 0.15) is 5.82 Å². The molecule has 0 aliphatic carbocycles. The van der Waals surface area contributed by atoms with Gasteiger partial charge in [0.05, 0.1) is 22.4 Å². The van der Waals surface area contributed by atoms with E-state index in [9.17, 15) is 0 Å². The van der Waals surface area contributed by atoms with Crippen LogP contribution in [-0.4, -0.2) is 27.9 Å². The second kappa shape index (κ2) is 4.42.